The lowest BCUT2D eigenvalue weighted by molar-refractivity contribution is 0.0971. The van der Waals surface area contributed by atoms with E-state index >= 15 is 0 Å². The Kier molecular flexibility index (Phi) is 8.47. The standard InChI is InChI=1S/C27H21Cl3N6O/c1-35(25(16-36-12-11-32-17-36)23-10-7-21(29)14-24(23)30)27(33-22-8-5-20(28)6-9-22)34-26(37)19-4-2-3-18(13-19)15-31/h2-14,17,25H,16H2,1H3,(H,33,34,37)/t25-/m0/s1. The molecule has 0 bridgehead atoms. The number of aromatic nitrogens is 2. The van der Waals surface area contributed by atoms with Crippen LogP contribution in [0.4, 0.5) is 5.69 Å². The molecule has 1 amide bonds. The molecule has 0 saturated carbocycles. The molecule has 7 nitrogen and oxygen atoms in total. The second-order valence-electron chi connectivity index (χ2n) is 8.11. The number of imidazole rings is 1. The number of nitrogens with zero attached hydrogens (tertiary/aromatic N) is 5. The third kappa shape index (κ3) is 6.69. The summed E-state index contributed by atoms with van der Waals surface area (Å²) in [4.78, 5) is 23.9. The van der Waals surface area contributed by atoms with E-state index in [9.17, 15) is 10.1 Å². The van der Waals surface area contributed by atoms with Crippen LogP contribution in [0.15, 0.2) is 90.4 Å². The van der Waals surface area contributed by atoms with Crippen LogP contribution in [0.25, 0.3) is 0 Å². The van der Waals surface area contributed by atoms with Crippen LogP contribution in [0, 0.1) is 11.3 Å². The molecule has 37 heavy (non-hydrogen) atoms. The first-order valence-corrected chi connectivity index (χ1v) is 12.3. The van der Waals surface area contributed by atoms with Crippen molar-refractivity contribution in [1.82, 2.24) is 19.8 Å². The smallest absolute Gasteiger partial charge is 0.258 e. The van der Waals surface area contributed by atoms with E-state index in [-0.39, 0.29) is 12.0 Å². The molecule has 0 fully saturated rings. The summed E-state index contributed by atoms with van der Waals surface area (Å²) in [6.45, 7) is 0.456. The maximum Gasteiger partial charge on any atom is 0.258 e. The molecule has 0 radical (unpaired) electrons. The van der Waals surface area contributed by atoms with Crippen molar-refractivity contribution < 1.29 is 4.79 Å². The first-order valence-electron chi connectivity index (χ1n) is 11.1. The molecule has 186 valence electrons. The molecular formula is C27H21Cl3N6O. The average Bonchev–Trinajstić information content (AvgIpc) is 3.41. The summed E-state index contributed by atoms with van der Waals surface area (Å²) in [6.07, 6.45) is 5.23. The molecule has 0 aliphatic heterocycles. The van der Waals surface area contributed by atoms with Gasteiger partial charge in [0, 0.05) is 46.6 Å². The number of halogens is 3. The molecule has 3 aromatic carbocycles. The minimum atomic E-state index is -0.416. The van der Waals surface area contributed by atoms with E-state index < -0.39 is 5.91 Å². The van der Waals surface area contributed by atoms with Crippen molar-refractivity contribution in [3.8, 4) is 6.07 Å². The number of hydrogen-bond acceptors (Lipinski definition) is 4. The van der Waals surface area contributed by atoms with Crippen molar-refractivity contribution in [2.75, 3.05) is 7.05 Å². The Labute approximate surface area is 229 Å². The fourth-order valence-electron chi connectivity index (χ4n) is 3.68. The Hall–Kier alpha value is -3.83. The van der Waals surface area contributed by atoms with Gasteiger partial charge in [0.2, 0.25) is 5.96 Å². The lowest BCUT2D eigenvalue weighted by atomic mass is 10.1. The van der Waals surface area contributed by atoms with Crippen molar-refractivity contribution in [2.45, 2.75) is 12.6 Å². The van der Waals surface area contributed by atoms with Gasteiger partial charge in [-0.15, -0.1) is 0 Å². The Morgan fingerprint density at radius 2 is 1.86 bits per heavy atom. The number of guanidine groups is 1. The second-order valence-corrected chi connectivity index (χ2v) is 9.39. The van der Waals surface area contributed by atoms with Gasteiger partial charge in [0.15, 0.2) is 0 Å². The number of carbonyl (C=O) groups is 1. The van der Waals surface area contributed by atoms with Gasteiger partial charge in [-0.25, -0.2) is 9.98 Å². The molecule has 1 heterocycles. The third-order valence-corrected chi connectivity index (χ3v) is 6.42. The van der Waals surface area contributed by atoms with Gasteiger partial charge in [-0.2, -0.15) is 5.26 Å². The van der Waals surface area contributed by atoms with Gasteiger partial charge in [-0.05, 0) is 60.2 Å². The van der Waals surface area contributed by atoms with E-state index in [1.807, 2.05) is 28.8 Å². The van der Waals surface area contributed by atoms with Crippen LogP contribution in [0.1, 0.15) is 27.5 Å². The number of nitrogens with one attached hydrogen (secondary N) is 1. The number of rotatable bonds is 6. The number of amides is 1. The van der Waals surface area contributed by atoms with Gasteiger partial charge in [-0.1, -0.05) is 46.9 Å². The monoisotopic (exact) mass is 550 g/mol. The maximum absolute atomic E-state index is 13.3. The molecule has 4 rings (SSSR count). The lowest BCUT2D eigenvalue weighted by Crippen LogP contribution is -2.44. The van der Waals surface area contributed by atoms with Crippen molar-refractivity contribution in [3.63, 3.8) is 0 Å². The zero-order valence-corrected chi connectivity index (χ0v) is 21.9. The van der Waals surface area contributed by atoms with Gasteiger partial charge in [0.1, 0.15) is 0 Å². The summed E-state index contributed by atoms with van der Waals surface area (Å²) in [7, 11) is 1.81. The predicted molar refractivity (Wildman–Crippen MR) is 146 cm³/mol. The number of aliphatic imine (C=N–C) groups is 1. The van der Waals surface area contributed by atoms with Gasteiger partial charge in [-0.3, -0.25) is 10.1 Å². The SMILES string of the molecule is CN(C(=Nc1ccc(Cl)cc1)NC(=O)c1cccc(C#N)c1)[C@@H](Cn1ccnc1)c1ccc(Cl)cc1Cl. The average molecular weight is 552 g/mol. The third-order valence-electron chi connectivity index (χ3n) is 5.61. The highest BCUT2D eigenvalue weighted by Gasteiger charge is 2.25. The highest BCUT2D eigenvalue weighted by Crippen LogP contribution is 2.31. The molecule has 0 unspecified atom stereocenters. The first-order chi connectivity index (χ1) is 17.8. The summed E-state index contributed by atoms with van der Waals surface area (Å²) >= 11 is 18.8. The number of hydrogen-bond donors (Lipinski definition) is 1. The normalized spacial score (nSPS) is 12.0. The van der Waals surface area contributed by atoms with Crippen LogP contribution >= 0.6 is 34.8 Å². The Morgan fingerprint density at radius 3 is 2.54 bits per heavy atom. The van der Waals surface area contributed by atoms with E-state index in [1.165, 1.54) is 6.07 Å². The molecule has 0 aliphatic carbocycles. The van der Waals surface area contributed by atoms with Crippen LogP contribution in [0.5, 0.6) is 0 Å². The lowest BCUT2D eigenvalue weighted by Gasteiger charge is -2.32. The number of likely N-dealkylation sites (N-methyl/N-ethyl adjacent to an activating group) is 1. The summed E-state index contributed by atoms with van der Waals surface area (Å²) in [5.74, 6) is -0.147. The largest absolute Gasteiger partial charge is 0.336 e. The summed E-state index contributed by atoms with van der Waals surface area (Å²) in [5, 5.41) is 13.7. The van der Waals surface area contributed by atoms with Crippen molar-refractivity contribution >= 4 is 52.4 Å². The summed E-state index contributed by atoms with van der Waals surface area (Å²) < 4.78 is 1.91. The summed E-state index contributed by atoms with van der Waals surface area (Å²) in [6, 6.07) is 20.4. The minimum Gasteiger partial charge on any atom is -0.336 e. The number of carbonyl (C=O) groups excluding carboxylic acids is 1. The zero-order valence-electron chi connectivity index (χ0n) is 19.6. The van der Waals surface area contributed by atoms with Crippen LogP contribution in [0.3, 0.4) is 0 Å². The Morgan fingerprint density at radius 1 is 1.11 bits per heavy atom. The van der Waals surface area contributed by atoms with E-state index in [2.05, 4.69) is 16.4 Å². The molecule has 1 atom stereocenters. The topological polar surface area (TPSA) is 86.3 Å². The van der Waals surface area contributed by atoms with Gasteiger partial charge < -0.3 is 9.47 Å². The highest BCUT2D eigenvalue weighted by molar-refractivity contribution is 6.35. The molecular weight excluding hydrogens is 531 g/mol. The molecule has 0 saturated heterocycles. The highest BCUT2D eigenvalue weighted by atomic mass is 35.5. The molecule has 1 N–H and O–H groups in total. The van der Waals surface area contributed by atoms with Crippen LogP contribution in [-0.4, -0.2) is 33.4 Å². The van der Waals surface area contributed by atoms with E-state index in [1.54, 1.807) is 67.1 Å². The quantitative estimate of drug-likeness (QED) is 0.219. The van der Waals surface area contributed by atoms with Crippen LogP contribution < -0.4 is 5.32 Å². The van der Waals surface area contributed by atoms with Crippen LogP contribution in [-0.2, 0) is 6.54 Å². The van der Waals surface area contributed by atoms with Gasteiger partial charge in [0.25, 0.3) is 5.91 Å². The van der Waals surface area contributed by atoms with Crippen molar-refractivity contribution in [1.29, 1.82) is 5.26 Å². The van der Waals surface area contributed by atoms with Gasteiger partial charge >= 0.3 is 0 Å². The molecule has 0 spiro atoms. The molecule has 4 aromatic rings. The molecule has 0 aliphatic rings. The Balaban J connectivity index is 1.76. The zero-order chi connectivity index (χ0) is 26.4. The van der Waals surface area contributed by atoms with Crippen LogP contribution in [0.2, 0.25) is 15.1 Å². The predicted octanol–water partition coefficient (Wildman–Crippen LogP) is 6.51. The summed E-state index contributed by atoms with van der Waals surface area (Å²) in [5.41, 5.74) is 2.07. The van der Waals surface area contributed by atoms with Gasteiger partial charge in [0.05, 0.1) is 29.7 Å². The number of nitriles is 1. The van der Waals surface area contributed by atoms with E-state index in [4.69, 9.17) is 39.8 Å². The minimum absolute atomic E-state index is 0.269. The van der Waals surface area contributed by atoms with E-state index in [0.29, 0.717) is 38.4 Å². The number of benzene rings is 3. The fourth-order valence-corrected chi connectivity index (χ4v) is 4.34. The second kappa shape index (κ2) is 11.9. The maximum atomic E-state index is 13.3. The Bertz CT molecular complexity index is 1460. The van der Waals surface area contributed by atoms with Crippen molar-refractivity contribution in [3.05, 3.63) is 117 Å². The van der Waals surface area contributed by atoms with E-state index in [0.717, 1.165) is 5.56 Å². The molecule has 1 aromatic heterocycles. The molecule has 10 heteroatoms. The fraction of sp³-hybridized carbons (Fsp3) is 0.111. The van der Waals surface area contributed by atoms with Crippen molar-refractivity contribution in [2.24, 2.45) is 4.99 Å². The first kappa shape index (κ1) is 26.2.